The van der Waals surface area contributed by atoms with Crippen LogP contribution in [0.1, 0.15) is 16.8 Å². The van der Waals surface area contributed by atoms with Crippen LogP contribution >= 0.6 is 0 Å². The number of nitrogens with two attached hydrogens (primary N) is 1. The second-order valence-electron chi connectivity index (χ2n) is 5.87. The van der Waals surface area contributed by atoms with Crippen molar-refractivity contribution < 1.29 is 4.74 Å². The van der Waals surface area contributed by atoms with Crippen LogP contribution in [0.5, 0.6) is 5.75 Å². The zero-order valence-electron chi connectivity index (χ0n) is 13.5. The van der Waals surface area contributed by atoms with Crippen molar-refractivity contribution in [2.45, 2.75) is 6.42 Å². The number of nitrogen functional groups attached to an aromatic ring is 1. The summed E-state index contributed by atoms with van der Waals surface area (Å²) in [6.45, 7) is 0.802. The van der Waals surface area contributed by atoms with E-state index in [0.29, 0.717) is 0 Å². The molecule has 1 aromatic heterocycles. The standard InChI is InChI=1S/C20H19N3O/c1-24-14-7-8-15-16-10-11-22-18(20(16)23-19(15)12-14)9-6-13-4-2-3-5-17(13)21/h2-9,12,23H,10-11,21H2,1H3/b9-6+. The first kappa shape index (κ1) is 14.6. The molecule has 0 saturated heterocycles. The molecule has 3 aromatic rings. The molecule has 0 radical (unpaired) electrons. The van der Waals surface area contributed by atoms with Crippen molar-refractivity contribution in [3.8, 4) is 5.75 Å². The first-order valence-corrected chi connectivity index (χ1v) is 8.02. The second kappa shape index (κ2) is 5.89. The highest BCUT2D eigenvalue weighted by atomic mass is 16.5. The van der Waals surface area contributed by atoms with Gasteiger partial charge in [-0.05, 0) is 41.8 Å². The number of fused-ring (bicyclic) bond motifs is 3. The number of anilines is 1. The Balaban J connectivity index is 1.75. The van der Waals surface area contributed by atoms with Gasteiger partial charge in [0.1, 0.15) is 5.75 Å². The lowest BCUT2D eigenvalue weighted by molar-refractivity contribution is 0.415. The van der Waals surface area contributed by atoms with Crippen LogP contribution in [-0.4, -0.2) is 24.4 Å². The van der Waals surface area contributed by atoms with E-state index in [1.807, 2.05) is 48.6 Å². The van der Waals surface area contributed by atoms with E-state index in [-0.39, 0.29) is 0 Å². The molecule has 2 aromatic carbocycles. The van der Waals surface area contributed by atoms with Crippen molar-refractivity contribution in [2.24, 2.45) is 4.99 Å². The van der Waals surface area contributed by atoms with E-state index in [4.69, 9.17) is 10.5 Å². The number of allylic oxidation sites excluding steroid dienone is 1. The molecule has 0 amide bonds. The number of aromatic amines is 1. The summed E-state index contributed by atoms with van der Waals surface area (Å²) in [5.74, 6) is 0.854. The maximum Gasteiger partial charge on any atom is 0.120 e. The average molecular weight is 317 g/mol. The molecule has 0 spiro atoms. The first-order chi connectivity index (χ1) is 11.8. The molecule has 120 valence electrons. The summed E-state index contributed by atoms with van der Waals surface area (Å²) in [7, 11) is 1.68. The summed E-state index contributed by atoms with van der Waals surface area (Å²) in [6, 6.07) is 14.0. The van der Waals surface area contributed by atoms with E-state index in [2.05, 4.69) is 16.0 Å². The van der Waals surface area contributed by atoms with E-state index < -0.39 is 0 Å². The van der Waals surface area contributed by atoms with Crippen molar-refractivity contribution in [3.63, 3.8) is 0 Å². The number of H-pyrrole nitrogens is 1. The maximum atomic E-state index is 6.01. The predicted octanol–water partition coefficient (Wildman–Crippen LogP) is 3.82. The molecule has 0 bridgehead atoms. The molecular formula is C20H19N3O. The summed E-state index contributed by atoms with van der Waals surface area (Å²) >= 11 is 0. The van der Waals surface area contributed by atoms with Gasteiger partial charge in [0, 0.05) is 29.2 Å². The Morgan fingerprint density at radius 2 is 2.04 bits per heavy atom. The fourth-order valence-electron chi connectivity index (χ4n) is 3.17. The van der Waals surface area contributed by atoms with Crippen LogP contribution in [0.4, 0.5) is 5.69 Å². The Bertz CT molecular complexity index is 966. The number of nitrogens with zero attached hydrogens (tertiary/aromatic N) is 1. The molecule has 4 nitrogen and oxygen atoms in total. The van der Waals surface area contributed by atoms with Crippen LogP contribution in [0.2, 0.25) is 0 Å². The van der Waals surface area contributed by atoms with Gasteiger partial charge in [-0.25, -0.2) is 0 Å². The molecule has 0 fully saturated rings. The van der Waals surface area contributed by atoms with Gasteiger partial charge in [-0.3, -0.25) is 4.99 Å². The zero-order chi connectivity index (χ0) is 16.5. The van der Waals surface area contributed by atoms with Gasteiger partial charge in [0.05, 0.1) is 18.5 Å². The van der Waals surface area contributed by atoms with Crippen molar-refractivity contribution in [1.29, 1.82) is 0 Å². The van der Waals surface area contributed by atoms with E-state index in [0.717, 1.165) is 46.9 Å². The number of nitrogens with one attached hydrogen (secondary N) is 1. The fourth-order valence-corrected chi connectivity index (χ4v) is 3.17. The molecule has 2 heterocycles. The molecular weight excluding hydrogens is 298 g/mol. The fraction of sp³-hybridized carbons (Fsp3) is 0.150. The van der Waals surface area contributed by atoms with Gasteiger partial charge in [0.15, 0.2) is 0 Å². The number of rotatable bonds is 3. The third-order valence-corrected chi connectivity index (χ3v) is 4.43. The van der Waals surface area contributed by atoms with Gasteiger partial charge in [-0.2, -0.15) is 0 Å². The van der Waals surface area contributed by atoms with Gasteiger partial charge in [0.25, 0.3) is 0 Å². The third kappa shape index (κ3) is 2.46. The number of aromatic nitrogens is 1. The number of hydrogen-bond donors (Lipinski definition) is 2. The molecule has 0 atom stereocenters. The number of aliphatic imine (C=N–C) groups is 1. The van der Waals surface area contributed by atoms with Crippen LogP contribution in [0, 0.1) is 0 Å². The number of para-hydroxylation sites is 1. The monoisotopic (exact) mass is 317 g/mol. The Kier molecular flexibility index (Phi) is 3.58. The minimum atomic E-state index is 0.770. The highest BCUT2D eigenvalue weighted by Gasteiger charge is 2.18. The average Bonchev–Trinajstić information content (AvgIpc) is 2.99. The molecule has 4 rings (SSSR count). The number of hydrogen-bond acceptors (Lipinski definition) is 3. The molecule has 4 heteroatoms. The minimum Gasteiger partial charge on any atom is -0.497 e. The highest BCUT2D eigenvalue weighted by molar-refractivity contribution is 6.14. The Morgan fingerprint density at radius 1 is 1.17 bits per heavy atom. The van der Waals surface area contributed by atoms with E-state index in [1.165, 1.54) is 10.9 Å². The molecule has 1 aliphatic heterocycles. The quantitative estimate of drug-likeness (QED) is 0.721. The Labute approximate surface area is 140 Å². The van der Waals surface area contributed by atoms with Crippen LogP contribution in [0.3, 0.4) is 0 Å². The molecule has 3 N–H and O–H groups in total. The lowest BCUT2D eigenvalue weighted by atomic mass is 10.0. The van der Waals surface area contributed by atoms with E-state index in [1.54, 1.807) is 7.11 Å². The van der Waals surface area contributed by atoms with Crippen LogP contribution in [0.15, 0.2) is 53.5 Å². The Morgan fingerprint density at radius 3 is 2.88 bits per heavy atom. The predicted molar refractivity (Wildman–Crippen MR) is 99.8 cm³/mol. The number of benzene rings is 2. The van der Waals surface area contributed by atoms with Crippen LogP contribution in [-0.2, 0) is 6.42 Å². The summed E-state index contributed by atoms with van der Waals surface area (Å²) in [6.07, 6.45) is 5.01. The molecule has 0 aliphatic carbocycles. The second-order valence-corrected chi connectivity index (χ2v) is 5.87. The largest absolute Gasteiger partial charge is 0.497 e. The summed E-state index contributed by atoms with van der Waals surface area (Å²) in [5, 5.41) is 1.24. The van der Waals surface area contributed by atoms with E-state index >= 15 is 0 Å². The molecule has 24 heavy (non-hydrogen) atoms. The van der Waals surface area contributed by atoms with Crippen molar-refractivity contribution in [1.82, 2.24) is 4.98 Å². The minimum absolute atomic E-state index is 0.770. The van der Waals surface area contributed by atoms with Gasteiger partial charge in [-0.1, -0.05) is 24.3 Å². The lowest BCUT2D eigenvalue weighted by Gasteiger charge is -2.10. The maximum absolute atomic E-state index is 6.01. The van der Waals surface area contributed by atoms with Gasteiger partial charge in [-0.15, -0.1) is 0 Å². The van der Waals surface area contributed by atoms with Gasteiger partial charge in [0.2, 0.25) is 0 Å². The summed E-state index contributed by atoms with van der Waals surface area (Å²) < 4.78 is 5.32. The van der Waals surface area contributed by atoms with Crippen molar-refractivity contribution >= 4 is 28.4 Å². The molecule has 1 aliphatic rings. The summed E-state index contributed by atoms with van der Waals surface area (Å²) in [4.78, 5) is 8.18. The zero-order valence-corrected chi connectivity index (χ0v) is 13.5. The van der Waals surface area contributed by atoms with E-state index in [9.17, 15) is 0 Å². The van der Waals surface area contributed by atoms with Gasteiger partial charge < -0.3 is 15.5 Å². The van der Waals surface area contributed by atoms with Crippen molar-refractivity contribution in [3.05, 3.63) is 65.4 Å². The van der Waals surface area contributed by atoms with Crippen LogP contribution in [0.25, 0.3) is 17.0 Å². The Hall–Kier alpha value is -3.01. The lowest BCUT2D eigenvalue weighted by Crippen LogP contribution is -2.10. The van der Waals surface area contributed by atoms with Gasteiger partial charge >= 0.3 is 0 Å². The normalized spacial score (nSPS) is 14.0. The SMILES string of the molecule is COc1ccc2c3c([nH]c2c1)C(/C=C/c1ccccc1N)=NCC3. The van der Waals surface area contributed by atoms with Crippen molar-refractivity contribution in [2.75, 3.05) is 19.4 Å². The third-order valence-electron chi connectivity index (χ3n) is 4.43. The molecule has 0 saturated carbocycles. The summed E-state index contributed by atoms with van der Waals surface area (Å²) in [5.41, 5.74) is 12.3. The topological polar surface area (TPSA) is 63.4 Å². The smallest absolute Gasteiger partial charge is 0.120 e. The number of methoxy groups -OCH3 is 1. The molecule has 0 unspecified atom stereocenters. The first-order valence-electron chi connectivity index (χ1n) is 8.02. The highest BCUT2D eigenvalue weighted by Crippen LogP contribution is 2.29. The number of ether oxygens (including phenoxy) is 1. The van der Waals surface area contributed by atoms with Crippen LogP contribution < -0.4 is 10.5 Å².